The van der Waals surface area contributed by atoms with Gasteiger partial charge in [0.15, 0.2) is 0 Å². The molecular weight excluding hydrogens is 360 g/mol. The first-order valence-corrected chi connectivity index (χ1v) is 7.77. The van der Waals surface area contributed by atoms with Crippen LogP contribution >= 0.6 is 0 Å². The first-order chi connectivity index (χ1) is 13.0. The van der Waals surface area contributed by atoms with Gasteiger partial charge in [0.2, 0.25) is 11.8 Å². The Balaban J connectivity index is 2.07. The molecule has 3 rings (SSSR count). The molecule has 0 saturated carbocycles. The van der Waals surface area contributed by atoms with E-state index in [2.05, 4.69) is 14.8 Å². The van der Waals surface area contributed by atoms with Crippen LogP contribution in [-0.4, -0.2) is 41.2 Å². The number of rotatable bonds is 6. The second-order valence-electron chi connectivity index (χ2n) is 5.31. The van der Waals surface area contributed by atoms with E-state index in [1.54, 1.807) is 6.07 Å². The number of esters is 1. The number of carbonyl (C=O) groups is 1. The Labute approximate surface area is 153 Å². The molecule has 0 bridgehead atoms. The van der Waals surface area contributed by atoms with Crippen LogP contribution in [0.1, 0.15) is 0 Å². The van der Waals surface area contributed by atoms with Crippen LogP contribution in [-0.2, 0) is 14.3 Å². The smallest absolute Gasteiger partial charge is 0.376 e. The summed E-state index contributed by atoms with van der Waals surface area (Å²) in [7, 11) is 2.45. The summed E-state index contributed by atoms with van der Waals surface area (Å²) >= 11 is 0. The lowest BCUT2D eigenvalue weighted by atomic mass is 10.2. The first-order valence-electron chi connectivity index (χ1n) is 7.77. The van der Waals surface area contributed by atoms with Gasteiger partial charge in [-0.05, 0) is 24.3 Å². The van der Waals surface area contributed by atoms with Crippen molar-refractivity contribution < 1.29 is 27.8 Å². The van der Waals surface area contributed by atoms with Crippen molar-refractivity contribution in [2.45, 2.75) is 6.29 Å². The third-order valence-electron chi connectivity index (χ3n) is 3.63. The minimum absolute atomic E-state index is 0.0187. The molecular formula is C18H15F2N3O4. The van der Waals surface area contributed by atoms with Crippen molar-refractivity contribution in [1.29, 1.82) is 0 Å². The minimum atomic E-state index is -1.35. The number of benzene rings is 1. The summed E-state index contributed by atoms with van der Waals surface area (Å²) in [6.07, 6.45) is -0.0696. The zero-order chi connectivity index (χ0) is 19.4. The summed E-state index contributed by atoms with van der Waals surface area (Å²) in [4.78, 5) is 15.3. The molecule has 9 heteroatoms. The molecule has 0 spiro atoms. The van der Waals surface area contributed by atoms with Gasteiger partial charge in [0.1, 0.15) is 11.5 Å². The molecule has 2 aromatic heterocycles. The van der Waals surface area contributed by atoms with Crippen LogP contribution in [0.15, 0.2) is 48.7 Å². The topological polar surface area (TPSA) is 75.5 Å². The van der Waals surface area contributed by atoms with Gasteiger partial charge in [0.25, 0.3) is 0 Å². The molecule has 0 saturated heterocycles. The van der Waals surface area contributed by atoms with Crippen LogP contribution in [0, 0.1) is 11.8 Å². The maximum Gasteiger partial charge on any atom is 0.376 e. The lowest BCUT2D eigenvalue weighted by Crippen LogP contribution is -2.30. The molecule has 7 nitrogen and oxygen atoms in total. The van der Waals surface area contributed by atoms with Gasteiger partial charge in [0.05, 0.1) is 12.8 Å². The van der Waals surface area contributed by atoms with E-state index >= 15 is 0 Å². The number of hydrogen-bond acceptors (Lipinski definition) is 6. The molecule has 0 amide bonds. The SMILES string of the molecule is COC(=O)C(OC)Oc1cc(-c2ccc(F)nc2)n(-c2ccccc2F)n1. The minimum Gasteiger partial charge on any atom is -0.464 e. The van der Waals surface area contributed by atoms with E-state index in [0.29, 0.717) is 11.3 Å². The van der Waals surface area contributed by atoms with E-state index in [9.17, 15) is 13.6 Å². The van der Waals surface area contributed by atoms with Crippen LogP contribution < -0.4 is 4.74 Å². The fraction of sp³-hybridized carbons (Fsp3) is 0.167. The van der Waals surface area contributed by atoms with Crippen molar-refractivity contribution in [1.82, 2.24) is 14.8 Å². The Morgan fingerprint density at radius 2 is 1.93 bits per heavy atom. The Bertz CT molecular complexity index is 944. The third kappa shape index (κ3) is 3.93. The Hall–Kier alpha value is -3.33. The normalized spacial score (nSPS) is 11.9. The van der Waals surface area contributed by atoms with E-state index < -0.39 is 24.0 Å². The average molecular weight is 375 g/mol. The maximum absolute atomic E-state index is 14.3. The summed E-state index contributed by atoms with van der Waals surface area (Å²) < 4.78 is 43.6. The molecule has 0 fully saturated rings. The molecule has 2 heterocycles. The van der Waals surface area contributed by atoms with Crippen LogP contribution in [0.2, 0.25) is 0 Å². The summed E-state index contributed by atoms with van der Waals surface area (Å²) in [5.41, 5.74) is 0.982. The lowest BCUT2D eigenvalue weighted by Gasteiger charge is -2.12. The Kier molecular flexibility index (Phi) is 5.41. The van der Waals surface area contributed by atoms with Gasteiger partial charge in [-0.25, -0.2) is 18.9 Å². The summed E-state index contributed by atoms with van der Waals surface area (Å²) in [5.74, 6) is -1.96. The van der Waals surface area contributed by atoms with Crippen LogP contribution in [0.4, 0.5) is 8.78 Å². The van der Waals surface area contributed by atoms with Crippen molar-refractivity contribution in [3.05, 3.63) is 60.4 Å². The monoisotopic (exact) mass is 375 g/mol. The zero-order valence-corrected chi connectivity index (χ0v) is 14.4. The molecule has 0 N–H and O–H groups in total. The molecule has 3 aromatic rings. The third-order valence-corrected chi connectivity index (χ3v) is 3.63. The molecule has 0 aliphatic heterocycles. The van der Waals surface area contributed by atoms with Gasteiger partial charge in [-0.1, -0.05) is 12.1 Å². The number of methoxy groups -OCH3 is 2. The zero-order valence-electron chi connectivity index (χ0n) is 14.4. The van der Waals surface area contributed by atoms with Crippen LogP contribution in [0.3, 0.4) is 0 Å². The number of halogens is 2. The number of para-hydroxylation sites is 1. The number of nitrogens with zero attached hydrogens (tertiary/aromatic N) is 3. The van der Waals surface area contributed by atoms with E-state index in [1.807, 2.05) is 0 Å². The highest BCUT2D eigenvalue weighted by Crippen LogP contribution is 2.28. The van der Waals surface area contributed by atoms with Crippen molar-refractivity contribution >= 4 is 5.97 Å². The summed E-state index contributed by atoms with van der Waals surface area (Å²) in [5, 5.41) is 4.19. The van der Waals surface area contributed by atoms with Gasteiger partial charge in [-0.3, -0.25) is 0 Å². The molecule has 1 aromatic carbocycles. The first kappa shape index (κ1) is 18.5. The maximum atomic E-state index is 14.3. The average Bonchev–Trinajstić information content (AvgIpc) is 3.10. The molecule has 140 valence electrons. The van der Waals surface area contributed by atoms with E-state index in [4.69, 9.17) is 9.47 Å². The van der Waals surface area contributed by atoms with Crippen molar-refractivity contribution in [2.24, 2.45) is 0 Å². The number of pyridine rings is 1. The number of ether oxygens (including phenoxy) is 3. The quantitative estimate of drug-likeness (QED) is 0.375. The predicted octanol–water partition coefficient (Wildman–Crippen LogP) is 2.74. The van der Waals surface area contributed by atoms with Gasteiger partial charge in [-0.2, -0.15) is 4.39 Å². The van der Waals surface area contributed by atoms with Crippen molar-refractivity contribution in [2.75, 3.05) is 14.2 Å². The number of carbonyl (C=O) groups excluding carboxylic acids is 1. The van der Waals surface area contributed by atoms with Crippen LogP contribution in [0.25, 0.3) is 16.9 Å². The van der Waals surface area contributed by atoms with Gasteiger partial charge >= 0.3 is 12.3 Å². The lowest BCUT2D eigenvalue weighted by molar-refractivity contribution is -0.170. The van der Waals surface area contributed by atoms with E-state index in [-0.39, 0.29) is 11.6 Å². The second kappa shape index (κ2) is 7.92. The van der Waals surface area contributed by atoms with Gasteiger partial charge < -0.3 is 14.2 Å². The Morgan fingerprint density at radius 3 is 2.56 bits per heavy atom. The number of hydrogen-bond donors (Lipinski definition) is 0. The van der Waals surface area contributed by atoms with Gasteiger partial charge in [-0.15, -0.1) is 5.10 Å². The standard InChI is InChI=1S/C18H15F2N3O4/c1-25-17(24)18(26-2)27-16-9-14(11-7-8-15(20)21-10-11)23(22-16)13-6-4-3-5-12(13)19/h3-10,18H,1-2H3. The number of aromatic nitrogens is 3. The highest BCUT2D eigenvalue weighted by atomic mass is 19.1. The predicted molar refractivity (Wildman–Crippen MR) is 90.2 cm³/mol. The Morgan fingerprint density at radius 1 is 1.15 bits per heavy atom. The summed E-state index contributed by atoms with van der Waals surface area (Å²) in [6, 6.07) is 10.1. The fourth-order valence-electron chi connectivity index (χ4n) is 2.36. The van der Waals surface area contributed by atoms with E-state index in [0.717, 1.165) is 0 Å². The fourth-order valence-corrected chi connectivity index (χ4v) is 2.36. The van der Waals surface area contributed by atoms with E-state index in [1.165, 1.54) is 61.5 Å². The molecule has 0 aliphatic carbocycles. The molecule has 1 unspecified atom stereocenters. The van der Waals surface area contributed by atoms with Gasteiger partial charge in [0, 0.05) is 24.9 Å². The molecule has 1 atom stereocenters. The second-order valence-corrected chi connectivity index (χ2v) is 5.31. The van der Waals surface area contributed by atoms with Crippen LogP contribution in [0.5, 0.6) is 5.88 Å². The summed E-state index contributed by atoms with van der Waals surface area (Å²) in [6.45, 7) is 0. The highest BCUT2D eigenvalue weighted by Gasteiger charge is 2.23. The molecule has 0 aliphatic rings. The molecule has 0 radical (unpaired) electrons. The van der Waals surface area contributed by atoms with Crippen molar-refractivity contribution in [3.63, 3.8) is 0 Å². The highest BCUT2D eigenvalue weighted by molar-refractivity contribution is 5.73. The largest absolute Gasteiger partial charge is 0.464 e. The van der Waals surface area contributed by atoms with Crippen molar-refractivity contribution in [3.8, 4) is 22.8 Å². The molecule has 27 heavy (non-hydrogen) atoms.